The molecule has 0 radical (unpaired) electrons. The highest BCUT2D eigenvalue weighted by molar-refractivity contribution is 6.30. The van der Waals surface area contributed by atoms with Gasteiger partial charge in [-0.05, 0) is 58.7 Å². The molecule has 2 amide bonds. The Bertz CT molecular complexity index is 1230. The summed E-state index contributed by atoms with van der Waals surface area (Å²) in [6, 6.07) is 18.2. The van der Waals surface area contributed by atoms with Gasteiger partial charge in [-0.25, -0.2) is 9.18 Å². The van der Waals surface area contributed by atoms with Crippen LogP contribution in [-0.2, 0) is 13.1 Å². The molecule has 2 heterocycles. The van der Waals surface area contributed by atoms with Crippen molar-refractivity contribution in [3.63, 3.8) is 0 Å². The molecule has 1 aliphatic heterocycles. The molecule has 0 atom stereocenters. The maximum atomic E-state index is 13.6. The van der Waals surface area contributed by atoms with Crippen LogP contribution in [0.4, 0.5) is 14.9 Å². The van der Waals surface area contributed by atoms with Crippen LogP contribution in [0.2, 0.25) is 5.02 Å². The van der Waals surface area contributed by atoms with E-state index in [-0.39, 0.29) is 11.8 Å². The summed E-state index contributed by atoms with van der Waals surface area (Å²) in [5, 5.41) is 4.25. The zero-order chi connectivity index (χ0) is 20.0. The maximum absolute atomic E-state index is 13.6. The quantitative estimate of drug-likeness (QED) is 0.411. The molecule has 4 aromatic rings. The number of H-pyrrole nitrogens is 1. The predicted octanol–water partition coefficient (Wildman–Crippen LogP) is 6.18. The second kappa shape index (κ2) is 6.94. The summed E-state index contributed by atoms with van der Waals surface area (Å²) >= 11 is 5.98. The standard InChI is InChI=1S/C23H17ClFN3O/c24-18-5-3-14(4-6-18)15-1-2-16-12-28(13-17(16)9-15)23(29)27-22-11-26-21-8-7-19(25)10-20(21)22/h1-11,26H,12-13H2,(H,27,29). The fourth-order valence-corrected chi connectivity index (χ4v) is 3.88. The van der Waals surface area contributed by atoms with Crippen LogP contribution in [0.5, 0.6) is 0 Å². The van der Waals surface area contributed by atoms with Crippen LogP contribution >= 0.6 is 11.6 Å². The molecule has 2 N–H and O–H groups in total. The van der Waals surface area contributed by atoms with Gasteiger partial charge in [0.2, 0.25) is 0 Å². The normalized spacial score (nSPS) is 13.0. The molecular formula is C23H17ClFN3O. The lowest BCUT2D eigenvalue weighted by Crippen LogP contribution is -2.30. The number of hydrogen-bond donors (Lipinski definition) is 2. The van der Waals surface area contributed by atoms with Crippen LogP contribution in [0.25, 0.3) is 22.0 Å². The van der Waals surface area contributed by atoms with Crippen LogP contribution in [0.15, 0.2) is 66.9 Å². The average molecular weight is 406 g/mol. The Kier molecular flexibility index (Phi) is 4.25. The molecule has 5 rings (SSSR count). The first-order chi connectivity index (χ1) is 14.1. The van der Waals surface area contributed by atoms with Crippen LogP contribution < -0.4 is 5.32 Å². The van der Waals surface area contributed by atoms with E-state index in [1.54, 1.807) is 17.2 Å². The van der Waals surface area contributed by atoms with Crippen molar-refractivity contribution in [1.29, 1.82) is 0 Å². The smallest absolute Gasteiger partial charge is 0.322 e. The first-order valence-corrected chi connectivity index (χ1v) is 9.65. The second-order valence-electron chi connectivity index (χ2n) is 7.17. The molecule has 4 nitrogen and oxygen atoms in total. The minimum Gasteiger partial charge on any atom is -0.359 e. The Morgan fingerprint density at radius 2 is 1.72 bits per heavy atom. The lowest BCUT2D eigenvalue weighted by molar-refractivity contribution is 0.212. The summed E-state index contributed by atoms with van der Waals surface area (Å²) in [5.41, 5.74) is 5.78. The molecule has 1 aliphatic rings. The third-order valence-electron chi connectivity index (χ3n) is 5.28. The van der Waals surface area contributed by atoms with Gasteiger partial charge in [0.05, 0.1) is 5.69 Å². The Morgan fingerprint density at radius 3 is 2.55 bits per heavy atom. The van der Waals surface area contributed by atoms with E-state index in [1.165, 1.54) is 12.1 Å². The van der Waals surface area contributed by atoms with Gasteiger partial charge in [0.25, 0.3) is 0 Å². The zero-order valence-corrected chi connectivity index (χ0v) is 16.1. The Labute approximate surface area is 171 Å². The monoisotopic (exact) mass is 405 g/mol. The van der Waals surface area contributed by atoms with Gasteiger partial charge in [0.15, 0.2) is 0 Å². The topological polar surface area (TPSA) is 48.1 Å². The maximum Gasteiger partial charge on any atom is 0.322 e. The van der Waals surface area contributed by atoms with Crippen molar-refractivity contribution >= 4 is 34.2 Å². The lowest BCUT2D eigenvalue weighted by atomic mass is 10.0. The van der Waals surface area contributed by atoms with Crippen LogP contribution in [0, 0.1) is 5.82 Å². The van der Waals surface area contributed by atoms with E-state index in [1.807, 2.05) is 24.3 Å². The number of amides is 2. The molecule has 0 fully saturated rings. The number of nitrogens with zero attached hydrogens (tertiary/aromatic N) is 1. The summed E-state index contributed by atoms with van der Waals surface area (Å²) in [4.78, 5) is 17.6. The van der Waals surface area contributed by atoms with Gasteiger partial charge in [-0.15, -0.1) is 0 Å². The van der Waals surface area contributed by atoms with Crippen molar-refractivity contribution in [2.45, 2.75) is 13.1 Å². The highest BCUT2D eigenvalue weighted by Crippen LogP contribution is 2.30. The lowest BCUT2D eigenvalue weighted by Gasteiger charge is -2.16. The molecule has 6 heteroatoms. The SMILES string of the molecule is O=C(Nc1c[nH]c2ccc(F)cc12)N1Cc2ccc(-c3ccc(Cl)cc3)cc2C1. The molecule has 0 bridgehead atoms. The molecule has 0 aliphatic carbocycles. The zero-order valence-electron chi connectivity index (χ0n) is 15.4. The molecule has 3 aromatic carbocycles. The van der Waals surface area contributed by atoms with E-state index >= 15 is 0 Å². The van der Waals surface area contributed by atoms with E-state index in [9.17, 15) is 9.18 Å². The van der Waals surface area contributed by atoms with Crippen LogP contribution in [0.3, 0.4) is 0 Å². The second-order valence-corrected chi connectivity index (χ2v) is 7.61. The van der Waals surface area contributed by atoms with Gasteiger partial charge in [-0.1, -0.05) is 35.9 Å². The van der Waals surface area contributed by atoms with E-state index in [2.05, 4.69) is 28.5 Å². The van der Waals surface area contributed by atoms with Gasteiger partial charge in [0.1, 0.15) is 5.82 Å². The Hall–Kier alpha value is -3.31. The highest BCUT2D eigenvalue weighted by atomic mass is 35.5. The number of halogens is 2. The summed E-state index contributed by atoms with van der Waals surface area (Å²) in [6.45, 7) is 1.07. The number of aromatic nitrogens is 1. The minimum atomic E-state index is -0.337. The molecule has 29 heavy (non-hydrogen) atoms. The first-order valence-electron chi connectivity index (χ1n) is 9.27. The number of fused-ring (bicyclic) bond motifs is 2. The fraction of sp³-hybridized carbons (Fsp3) is 0.0870. The molecule has 1 aromatic heterocycles. The van der Waals surface area contributed by atoms with Gasteiger partial charge in [0, 0.05) is 35.2 Å². The number of urea groups is 1. The Morgan fingerprint density at radius 1 is 0.966 bits per heavy atom. The van der Waals surface area contributed by atoms with E-state index < -0.39 is 0 Å². The number of benzene rings is 3. The van der Waals surface area contributed by atoms with Crippen LogP contribution in [-0.4, -0.2) is 15.9 Å². The molecule has 144 valence electrons. The highest BCUT2D eigenvalue weighted by Gasteiger charge is 2.24. The third-order valence-corrected chi connectivity index (χ3v) is 5.53. The third kappa shape index (κ3) is 3.34. The minimum absolute atomic E-state index is 0.209. The average Bonchev–Trinajstić information content (AvgIpc) is 3.32. The molecular weight excluding hydrogens is 389 g/mol. The van der Waals surface area contributed by atoms with E-state index in [4.69, 9.17) is 11.6 Å². The number of hydrogen-bond acceptors (Lipinski definition) is 1. The van der Waals surface area contributed by atoms with Crippen molar-refractivity contribution in [2.24, 2.45) is 0 Å². The number of aromatic amines is 1. The van der Waals surface area contributed by atoms with Crippen LogP contribution in [0.1, 0.15) is 11.1 Å². The van der Waals surface area contributed by atoms with Crippen molar-refractivity contribution in [2.75, 3.05) is 5.32 Å². The Balaban J connectivity index is 1.35. The summed E-state index contributed by atoms with van der Waals surface area (Å²) in [5.74, 6) is -0.337. The number of carbonyl (C=O) groups is 1. The largest absolute Gasteiger partial charge is 0.359 e. The van der Waals surface area contributed by atoms with E-state index in [0.29, 0.717) is 29.2 Å². The van der Waals surface area contributed by atoms with Gasteiger partial charge < -0.3 is 15.2 Å². The predicted molar refractivity (Wildman–Crippen MR) is 113 cm³/mol. The fourth-order valence-electron chi connectivity index (χ4n) is 3.75. The molecule has 0 saturated heterocycles. The van der Waals surface area contributed by atoms with Gasteiger partial charge in [-0.3, -0.25) is 0 Å². The van der Waals surface area contributed by atoms with Gasteiger partial charge in [-0.2, -0.15) is 0 Å². The molecule has 0 unspecified atom stereocenters. The van der Waals surface area contributed by atoms with Gasteiger partial charge >= 0.3 is 6.03 Å². The molecule has 0 saturated carbocycles. The van der Waals surface area contributed by atoms with Crippen molar-refractivity contribution in [1.82, 2.24) is 9.88 Å². The summed E-state index contributed by atoms with van der Waals surface area (Å²) < 4.78 is 13.6. The number of nitrogens with one attached hydrogen (secondary N) is 2. The number of carbonyl (C=O) groups excluding carboxylic acids is 1. The molecule has 0 spiro atoms. The van der Waals surface area contributed by atoms with Crippen molar-refractivity contribution in [3.8, 4) is 11.1 Å². The van der Waals surface area contributed by atoms with Crippen molar-refractivity contribution in [3.05, 3.63) is 88.8 Å². The number of rotatable bonds is 2. The number of anilines is 1. The first kappa shape index (κ1) is 17.8. The van der Waals surface area contributed by atoms with E-state index in [0.717, 1.165) is 27.8 Å². The summed E-state index contributed by atoms with van der Waals surface area (Å²) in [6.07, 6.45) is 1.68. The van der Waals surface area contributed by atoms with Crippen molar-refractivity contribution < 1.29 is 9.18 Å². The summed E-state index contributed by atoms with van der Waals surface area (Å²) in [7, 11) is 0.